The predicted molar refractivity (Wildman–Crippen MR) is 82.8 cm³/mol. The largest absolute Gasteiger partial charge is 0.416 e. The molecule has 3 rings (SSSR count). The van der Waals surface area contributed by atoms with Crippen LogP contribution in [0.4, 0.5) is 24.9 Å². The summed E-state index contributed by atoms with van der Waals surface area (Å²) in [6.07, 6.45) is -3.92. The number of aliphatic hydroxyl groups excluding tert-OH is 1. The summed E-state index contributed by atoms with van der Waals surface area (Å²) < 4.78 is 38.5. The fourth-order valence-electron chi connectivity index (χ4n) is 3.13. The van der Waals surface area contributed by atoms with Crippen LogP contribution in [0, 0.1) is 5.92 Å². The highest BCUT2D eigenvalue weighted by Gasteiger charge is 2.33. The van der Waals surface area contributed by atoms with Gasteiger partial charge in [0.15, 0.2) is 0 Å². The Morgan fingerprint density at radius 3 is 2.67 bits per heavy atom. The summed E-state index contributed by atoms with van der Waals surface area (Å²) >= 11 is 0. The molecule has 1 aliphatic rings. The van der Waals surface area contributed by atoms with Gasteiger partial charge >= 0.3 is 6.18 Å². The van der Waals surface area contributed by atoms with E-state index in [1.165, 1.54) is 12.1 Å². The van der Waals surface area contributed by atoms with Gasteiger partial charge in [-0.2, -0.15) is 18.2 Å². The molecule has 5 nitrogen and oxygen atoms in total. The van der Waals surface area contributed by atoms with E-state index in [1.54, 1.807) is 0 Å². The molecule has 8 heteroatoms. The van der Waals surface area contributed by atoms with Crippen molar-refractivity contribution in [2.45, 2.75) is 31.5 Å². The summed E-state index contributed by atoms with van der Waals surface area (Å²) in [7, 11) is 0. The second-order valence-corrected chi connectivity index (χ2v) is 5.96. The lowest BCUT2D eigenvalue weighted by Gasteiger charge is -2.29. The lowest BCUT2D eigenvalue weighted by molar-refractivity contribution is -0.137. The number of rotatable bonds is 2. The number of alkyl halides is 3. The highest BCUT2D eigenvalue weighted by atomic mass is 19.4. The standard InChI is InChI=1S/C16H17F3N4O/c17-16(18,19)10-3-1-2-8(6-10)13(24)9-4-5-12-11(7-9)14(20)23-15(21)22-12/h1-3,6,9,13,24H,4-5,7H2,(H4,20,21,22,23). The van der Waals surface area contributed by atoms with Crippen molar-refractivity contribution >= 4 is 11.8 Å². The average molecular weight is 338 g/mol. The van der Waals surface area contributed by atoms with Gasteiger partial charge < -0.3 is 16.6 Å². The van der Waals surface area contributed by atoms with Crippen LogP contribution >= 0.6 is 0 Å². The summed E-state index contributed by atoms with van der Waals surface area (Å²) in [6.45, 7) is 0. The third kappa shape index (κ3) is 3.14. The lowest BCUT2D eigenvalue weighted by Crippen LogP contribution is -2.24. The van der Waals surface area contributed by atoms with Gasteiger partial charge in [0, 0.05) is 5.56 Å². The first-order valence-electron chi connectivity index (χ1n) is 7.51. The van der Waals surface area contributed by atoms with E-state index in [0.29, 0.717) is 24.8 Å². The van der Waals surface area contributed by atoms with Gasteiger partial charge in [-0.25, -0.2) is 4.98 Å². The average Bonchev–Trinajstić information content (AvgIpc) is 2.53. The maximum Gasteiger partial charge on any atom is 0.416 e. The van der Waals surface area contributed by atoms with Crippen LogP contribution in [0.15, 0.2) is 24.3 Å². The Kier molecular flexibility index (Phi) is 4.08. The number of nitrogen functional groups attached to an aromatic ring is 2. The number of hydrogen-bond donors (Lipinski definition) is 3. The number of aromatic nitrogens is 2. The molecule has 1 aromatic heterocycles. The number of halogens is 3. The van der Waals surface area contributed by atoms with E-state index >= 15 is 0 Å². The molecule has 0 saturated heterocycles. The zero-order chi connectivity index (χ0) is 17.5. The smallest absolute Gasteiger partial charge is 0.388 e. The number of anilines is 2. The number of nitrogens with two attached hydrogens (primary N) is 2. The minimum absolute atomic E-state index is 0.100. The van der Waals surface area contributed by atoms with Crippen LogP contribution < -0.4 is 11.5 Å². The van der Waals surface area contributed by atoms with Gasteiger partial charge in [-0.1, -0.05) is 12.1 Å². The van der Waals surface area contributed by atoms with Gasteiger partial charge in [-0.15, -0.1) is 0 Å². The van der Waals surface area contributed by atoms with Crippen molar-refractivity contribution in [3.05, 3.63) is 46.6 Å². The minimum atomic E-state index is -4.44. The van der Waals surface area contributed by atoms with Crippen molar-refractivity contribution in [3.63, 3.8) is 0 Å². The quantitative estimate of drug-likeness (QED) is 0.781. The summed E-state index contributed by atoms with van der Waals surface area (Å²) in [5.74, 6) is 0.108. The molecule has 2 atom stereocenters. The first-order valence-corrected chi connectivity index (χ1v) is 7.51. The fourth-order valence-corrected chi connectivity index (χ4v) is 3.13. The Morgan fingerprint density at radius 1 is 1.21 bits per heavy atom. The van der Waals surface area contributed by atoms with Gasteiger partial charge in [-0.3, -0.25) is 0 Å². The molecule has 0 amide bonds. The number of benzene rings is 1. The third-order valence-electron chi connectivity index (χ3n) is 4.36. The Morgan fingerprint density at radius 2 is 1.96 bits per heavy atom. The highest BCUT2D eigenvalue weighted by Crippen LogP contribution is 2.37. The highest BCUT2D eigenvalue weighted by molar-refractivity contribution is 5.47. The Balaban J connectivity index is 1.85. The van der Waals surface area contributed by atoms with Crippen LogP contribution in [-0.2, 0) is 19.0 Å². The molecule has 1 aromatic carbocycles. The van der Waals surface area contributed by atoms with Gasteiger partial charge in [0.2, 0.25) is 5.95 Å². The number of fused-ring (bicyclic) bond motifs is 1. The van der Waals surface area contributed by atoms with Crippen LogP contribution in [0.25, 0.3) is 0 Å². The molecular weight excluding hydrogens is 321 g/mol. The predicted octanol–water partition coefficient (Wildman–Crippen LogP) is 2.50. The molecule has 2 aromatic rings. The maximum absolute atomic E-state index is 12.8. The number of hydrogen-bond acceptors (Lipinski definition) is 5. The zero-order valence-electron chi connectivity index (χ0n) is 12.7. The molecule has 1 heterocycles. The van der Waals surface area contributed by atoms with Gasteiger partial charge in [0.25, 0.3) is 0 Å². The van der Waals surface area contributed by atoms with Crippen molar-refractivity contribution in [2.24, 2.45) is 5.92 Å². The molecule has 5 N–H and O–H groups in total. The molecule has 24 heavy (non-hydrogen) atoms. The molecule has 0 spiro atoms. The summed E-state index contributed by atoms with van der Waals surface area (Å²) in [5, 5.41) is 10.5. The lowest BCUT2D eigenvalue weighted by atomic mass is 9.81. The van der Waals surface area contributed by atoms with Gasteiger partial charge in [-0.05, 0) is 42.9 Å². The Labute approximate surface area is 136 Å². The second kappa shape index (κ2) is 5.94. The van der Waals surface area contributed by atoms with Crippen molar-refractivity contribution in [1.29, 1.82) is 0 Å². The molecule has 0 bridgehead atoms. The van der Waals surface area contributed by atoms with Gasteiger partial charge in [0.1, 0.15) is 5.82 Å². The molecule has 0 saturated carbocycles. The number of nitrogens with zero attached hydrogens (tertiary/aromatic N) is 2. The van der Waals surface area contributed by atoms with Crippen LogP contribution in [-0.4, -0.2) is 15.1 Å². The third-order valence-corrected chi connectivity index (χ3v) is 4.36. The summed E-state index contributed by atoms with van der Waals surface area (Å²) in [5.41, 5.74) is 12.4. The summed E-state index contributed by atoms with van der Waals surface area (Å²) in [4.78, 5) is 8.06. The SMILES string of the molecule is Nc1nc(N)c2c(n1)CCC(C(O)c1cccc(C(F)(F)F)c1)C2. The first kappa shape index (κ1) is 16.5. The van der Waals surface area contributed by atoms with Crippen LogP contribution in [0.3, 0.4) is 0 Å². The summed E-state index contributed by atoms with van der Waals surface area (Å²) in [6, 6.07) is 4.78. The second-order valence-electron chi connectivity index (χ2n) is 5.96. The van der Waals surface area contributed by atoms with Crippen molar-refractivity contribution < 1.29 is 18.3 Å². The van der Waals surface area contributed by atoms with E-state index in [1.807, 2.05) is 0 Å². The van der Waals surface area contributed by atoms with Crippen LogP contribution in [0.2, 0.25) is 0 Å². The fraction of sp³-hybridized carbons (Fsp3) is 0.375. The first-order chi connectivity index (χ1) is 11.3. The van der Waals surface area contributed by atoms with E-state index in [2.05, 4.69) is 9.97 Å². The normalized spacial score (nSPS) is 18.9. The minimum Gasteiger partial charge on any atom is -0.388 e. The number of aryl methyl sites for hydroxylation is 1. The number of aliphatic hydroxyl groups is 1. The molecule has 0 fully saturated rings. The molecule has 1 aliphatic carbocycles. The van der Waals surface area contributed by atoms with Crippen molar-refractivity contribution in [1.82, 2.24) is 9.97 Å². The van der Waals surface area contributed by atoms with E-state index < -0.39 is 17.8 Å². The van der Waals surface area contributed by atoms with E-state index in [4.69, 9.17) is 11.5 Å². The maximum atomic E-state index is 12.8. The van der Waals surface area contributed by atoms with Crippen molar-refractivity contribution in [2.75, 3.05) is 11.5 Å². The van der Waals surface area contributed by atoms with Gasteiger partial charge in [0.05, 0.1) is 17.4 Å². The zero-order valence-corrected chi connectivity index (χ0v) is 12.7. The monoisotopic (exact) mass is 338 g/mol. The van der Waals surface area contributed by atoms with Crippen molar-refractivity contribution in [3.8, 4) is 0 Å². The Hall–Kier alpha value is -2.35. The van der Waals surface area contributed by atoms with E-state index in [9.17, 15) is 18.3 Å². The molecule has 0 aliphatic heterocycles. The topological polar surface area (TPSA) is 98.0 Å². The molecule has 0 radical (unpaired) electrons. The Bertz CT molecular complexity index is 763. The molecule has 2 unspecified atom stereocenters. The van der Waals surface area contributed by atoms with E-state index in [0.717, 1.165) is 17.8 Å². The van der Waals surface area contributed by atoms with Crippen LogP contribution in [0.1, 0.15) is 34.9 Å². The van der Waals surface area contributed by atoms with E-state index in [-0.39, 0.29) is 23.2 Å². The molecule has 128 valence electrons. The van der Waals surface area contributed by atoms with Crippen LogP contribution in [0.5, 0.6) is 0 Å². The molecular formula is C16H17F3N4O.